The molecular weight excluding hydrogens is 515 g/mol. The Bertz CT molecular complexity index is 433. The fourth-order valence-corrected chi connectivity index (χ4v) is 6.98. The first-order valence-electron chi connectivity index (χ1n) is 20.3. The van der Waals surface area contributed by atoms with Crippen LogP contribution in [-0.2, 0) is 0 Å². The molecule has 1 atom stereocenters. The van der Waals surface area contributed by atoms with Gasteiger partial charge < -0.3 is 0 Å². The number of rotatable bonds is 37. The summed E-state index contributed by atoms with van der Waals surface area (Å²) in [6.07, 6.45) is 54.8. The Hall–Kier alpha value is 1.00. The Morgan fingerprint density at radius 1 is 0.214 bits per heavy atom. The Labute approximate surface area is 292 Å². The summed E-state index contributed by atoms with van der Waals surface area (Å²) < 4.78 is 0. The summed E-state index contributed by atoms with van der Waals surface area (Å²) >= 11 is 0. The Morgan fingerprint density at radius 3 is 0.595 bits per heavy atom. The molecule has 0 aliphatic carbocycles. The van der Waals surface area contributed by atoms with Crippen LogP contribution < -0.4 is 0 Å². The van der Waals surface area contributed by atoms with E-state index in [4.69, 9.17) is 0 Å². The van der Waals surface area contributed by atoms with E-state index in [9.17, 15) is 0 Å². The molecule has 0 nitrogen and oxygen atoms in total. The van der Waals surface area contributed by atoms with E-state index in [0.717, 1.165) is 5.92 Å². The molecule has 0 spiro atoms. The van der Waals surface area contributed by atoms with Crippen LogP contribution in [0.2, 0.25) is 0 Å². The third-order valence-corrected chi connectivity index (χ3v) is 9.88. The van der Waals surface area contributed by atoms with Crippen LogP contribution in [0.15, 0.2) is 0 Å². The van der Waals surface area contributed by atoms with E-state index in [0.29, 0.717) is 0 Å². The monoisotopic (exact) mass is 601 g/mol. The third kappa shape index (κ3) is 39.0. The van der Waals surface area contributed by atoms with Crippen molar-refractivity contribution in [1.82, 2.24) is 0 Å². The number of hydrogen-bond donors (Lipinski definition) is 0. The summed E-state index contributed by atoms with van der Waals surface area (Å²) in [5.41, 5.74) is 0. The van der Waals surface area contributed by atoms with Crippen LogP contribution in [0.1, 0.15) is 258 Å². The molecule has 1 heteroatoms. The van der Waals surface area contributed by atoms with Gasteiger partial charge in [-0.25, -0.2) is 0 Å². The molecule has 0 radical (unpaired) electrons. The number of hydrogen-bond acceptors (Lipinski definition) is 0. The van der Waals surface area contributed by atoms with Gasteiger partial charge in [0.2, 0.25) is 0 Å². The van der Waals surface area contributed by atoms with E-state index in [1.54, 1.807) is 0 Å². The fourth-order valence-electron chi connectivity index (χ4n) is 6.98. The predicted octanol–water partition coefficient (Wildman–Crippen LogP) is 15.4. The molecule has 0 saturated carbocycles. The van der Waals surface area contributed by atoms with Crippen molar-refractivity contribution in [2.75, 3.05) is 0 Å². The van der Waals surface area contributed by atoms with Gasteiger partial charge in [-0.3, -0.25) is 0 Å². The second-order valence-corrected chi connectivity index (χ2v) is 14.2. The summed E-state index contributed by atoms with van der Waals surface area (Å²) in [7, 11) is 0. The average Bonchev–Trinajstić information content (AvgIpc) is 2.98. The molecule has 0 heterocycles. The number of unbranched alkanes of at least 4 members (excludes halogenated alkanes) is 31. The van der Waals surface area contributed by atoms with Crippen molar-refractivity contribution in [3.63, 3.8) is 0 Å². The maximum absolute atomic E-state index is 2.40. The van der Waals surface area contributed by atoms with Crippen molar-refractivity contribution in [3.8, 4) is 0 Å². The topological polar surface area (TPSA) is 0 Å². The molecule has 0 saturated heterocycles. The quantitative estimate of drug-likeness (QED) is 0.0491. The molecule has 0 aliphatic rings. The molecule has 42 heavy (non-hydrogen) atoms. The minimum atomic E-state index is 0. The van der Waals surface area contributed by atoms with Crippen LogP contribution >= 0.6 is 0 Å². The molecule has 0 fully saturated rings. The zero-order valence-electron chi connectivity index (χ0n) is 29.7. The summed E-state index contributed by atoms with van der Waals surface area (Å²) in [4.78, 5) is 0. The van der Waals surface area contributed by atoms with E-state index in [2.05, 4.69) is 20.8 Å². The van der Waals surface area contributed by atoms with Crippen molar-refractivity contribution in [2.45, 2.75) is 258 Å². The fraction of sp³-hybridized carbons (Fsp3) is 1.00. The Kier molecular flexibility index (Phi) is 45.1. The zero-order chi connectivity index (χ0) is 29.7. The van der Waals surface area contributed by atoms with Gasteiger partial charge in [-0.05, 0) is 5.92 Å². The minimum absolute atomic E-state index is 0. The first-order chi connectivity index (χ1) is 20.3. The molecule has 0 rings (SSSR count). The first-order valence-corrected chi connectivity index (χ1v) is 20.3. The van der Waals surface area contributed by atoms with Crippen molar-refractivity contribution >= 4 is 29.6 Å². The van der Waals surface area contributed by atoms with Crippen LogP contribution in [0.5, 0.6) is 0 Å². The molecule has 0 aromatic rings. The summed E-state index contributed by atoms with van der Waals surface area (Å²) in [5, 5.41) is 0. The Balaban J connectivity index is 0. The van der Waals surface area contributed by atoms with Crippen LogP contribution in [0, 0.1) is 5.92 Å². The molecule has 0 aromatic carbocycles. The average molecular weight is 601 g/mol. The van der Waals surface area contributed by atoms with E-state index >= 15 is 0 Å². The van der Waals surface area contributed by atoms with Gasteiger partial charge in [0.05, 0.1) is 0 Å². The van der Waals surface area contributed by atoms with Crippen LogP contribution in [0.25, 0.3) is 0 Å². The van der Waals surface area contributed by atoms with Crippen LogP contribution in [0.3, 0.4) is 0 Å². The third-order valence-electron chi connectivity index (χ3n) is 9.88. The predicted molar refractivity (Wildman–Crippen MR) is 198 cm³/mol. The Morgan fingerprint density at radius 2 is 0.405 bits per heavy atom. The van der Waals surface area contributed by atoms with Gasteiger partial charge in [0, 0.05) is 0 Å². The van der Waals surface area contributed by atoms with Gasteiger partial charge in [-0.1, -0.05) is 258 Å². The summed E-state index contributed by atoms with van der Waals surface area (Å²) in [5.74, 6) is 1.03. The molecule has 0 aliphatic heterocycles. The first kappa shape index (κ1) is 45.1. The second kappa shape index (κ2) is 42.0. The van der Waals surface area contributed by atoms with Crippen molar-refractivity contribution in [2.24, 2.45) is 5.92 Å². The summed E-state index contributed by atoms with van der Waals surface area (Å²) in [6, 6.07) is 0. The van der Waals surface area contributed by atoms with Crippen LogP contribution in [0.4, 0.5) is 0 Å². The normalized spacial score (nSPS) is 12.1. The maximum atomic E-state index is 2.40. The van der Waals surface area contributed by atoms with Gasteiger partial charge in [0.25, 0.3) is 0 Å². The van der Waals surface area contributed by atoms with Crippen molar-refractivity contribution in [1.29, 1.82) is 0 Å². The second-order valence-electron chi connectivity index (χ2n) is 14.2. The summed E-state index contributed by atoms with van der Waals surface area (Å²) in [6.45, 7) is 7.02. The molecule has 250 valence electrons. The van der Waals surface area contributed by atoms with Crippen LogP contribution in [-0.4, -0.2) is 29.6 Å². The van der Waals surface area contributed by atoms with Gasteiger partial charge in [-0.2, -0.15) is 0 Å². The van der Waals surface area contributed by atoms with Gasteiger partial charge >= 0.3 is 29.6 Å². The van der Waals surface area contributed by atoms with Crippen molar-refractivity contribution in [3.05, 3.63) is 0 Å². The molecule has 0 amide bonds. The van der Waals surface area contributed by atoms with E-state index in [1.807, 2.05) is 0 Å². The molecule has 0 bridgehead atoms. The van der Waals surface area contributed by atoms with E-state index in [-0.39, 0.29) is 29.6 Å². The van der Waals surface area contributed by atoms with E-state index < -0.39 is 0 Å². The SMILES string of the molecule is CCCCCCCCCCCCCCCCCCCC(CCC)CCCCCCCCCCCCCCCCCC.[NaH]. The standard InChI is InChI=1S/C41H84.Na.H/c1-4-7-9-11-13-15-17-19-21-23-25-27-29-31-33-35-37-40-41(38-6-3)39-36-34-32-30-28-26-24-22-20-18-16-14-12-10-8-5-2;;/h41H,4-40H2,1-3H3;;. The van der Waals surface area contributed by atoms with Crippen molar-refractivity contribution < 1.29 is 0 Å². The van der Waals surface area contributed by atoms with Gasteiger partial charge in [0.15, 0.2) is 0 Å². The molecule has 0 N–H and O–H groups in total. The molecule has 0 aromatic heterocycles. The van der Waals surface area contributed by atoms with Gasteiger partial charge in [0.1, 0.15) is 0 Å². The molecular formula is C41H85Na. The molecule has 1 unspecified atom stereocenters. The van der Waals surface area contributed by atoms with Gasteiger partial charge in [-0.15, -0.1) is 0 Å². The van der Waals surface area contributed by atoms with E-state index in [1.165, 1.54) is 238 Å². The zero-order valence-corrected chi connectivity index (χ0v) is 29.7.